The van der Waals surface area contributed by atoms with Gasteiger partial charge in [-0.05, 0) is 36.2 Å². The zero-order chi connectivity index (χ0) is 16.8. The highest BCUT2D eigenvalue weighted by molar-refractivity contribution is 6.58. The first-order valence-electron chi connectivity index (χ1n) is 6.81. The van der Waals surface area contributed by atoms with Gasteiger partial charge in [0.15, 0.2) is 4.33 Å². The maximum absolute atomic E-state index is 12.2. The number of carbonyl (C=O) groups is 3. The van der Waals surface area contributed by atoms with Crippen molar-refractivity contribution in [2.45, 2.75) is 11.3 Å². The molecule has 1 aliphatic carbocycles. The molecule has 2 aromatic rings. The highest BCUT2D eigenvalue weighted by Crippen LogP contribution is 2.35. The van der Waals surface area contributed by atoms with Gasteiger partial charge in [-0.15, -0.1) is 0 Å². The smallest absolute Gasteiger partial charge is 0.260 e. The highest BCUT2D eigenvalue weighted by Gasteiger charge is 2.31. The molecule has 3 rings (SSSR count). The number of alkyl halides is 2. The van der Waals surface area contributed by atoms with Gasteiger partial charge in [-0.1, -0.05) is 47.5 Å². The van der Waals surface area contributed by atoms with Gasteiger partial charge in [0.05, 0.1) is 0 Å². The van der Waals surface area contributed by atoms with Crippen molar-refractivity contribution in [1.29, 1.82) is 0 Å². The first kappa shape index (κ1) is 15.7. The first-order chi connectivity index (χ1) is 10.8. The van der Waals surface area contributed by atoms with E-state index in [2.05, 4.69) is 5.32 Å². The third-order valence-electron chi connectivity index (χ3n) is 3.59. The molecule has 1 N–H and O–H groups in total. The molecule has 23 heavy (non-hydrogen) atoms. The average molecular weight is 348 g/mol. The SMILES string of the molecule is CC(Cl)(Cl)C(=O)Nc1ccc2c(c1)-c1ccccc1C(=O)C2=O. The van der Waals surface area contributed by atoms with Crippen molar-refractivity contribution in [2.75, 3.05) is 5.32 Å². The van der Waals surface area contributed by atoms with E-state index in [9.17, 15) is 14.4 Å². The van der Waals surface area contributed by atoms with Crippen LogP contribution < -0.4 is 5.32 Å². The number of ketones is 2. The molecule has 4 nitrogen and oxygen atoms in total. The molecule has 0 bridgehead atoms. The molecule has 0 aromatic heterocycles. The third-order valence-corrected chi connectivity index (χ3v) is 3.93. The number of halogens is 2. The Morgan fingerprint density at radius 3 is 2.09 bits per heavy atom. The van der Waals surface area contributed by atoms with Gasteiger partial charge < -0.3 is 5.32 Å². The second-order valence-electron chi connectivity index (χ2n) is 5.31. The Balaban J connectivity index is 2.09. The molecular weight excluding hydrogens is 337 g/mol. The van der Waals surface area contributed by atoms with Gasteiger partial charge in [0.25, 0.3) is 5.91 Å². The minimum atomic E-state index is -1.57. The molecule has 0 heterocycles. The Kier molecular flexibility index (Phi) is 3.74. The predicted octanol–water partition coefficient (Wildman–Crippen LogP) is 3.86. The summed E-state index contributed by atoms with van der Waals surface area (Å²) in [4.78, 5) is 36.2. The normalized spacial score (nSPS) is 13.3. The van der Waals surface area contributed by atoms with Crippen LogP contribution in [0.4, 0.5) is 5.69 Å². The number of Topliss-reactive ketones (excluding diaryl/α,β-unsaturated/α-hetero) is 2. The van der Waals surface area contributed by atoms with E-state index >= 15 is 0 Å². The van der Waals surface area contributed by atoms with Crippen molar-refractivity contribution in [1.82, 2.24) is 0 Å². The molecule has 0 saturated carbocycles. The molecule has 0 saturated heterocycles. The van der Waals surface area contributed by atoms with E-state index in [0.29, 0.717) is 27.9 Å². The zero-order valence-corrected chi connectivity index (χ0v) is 13.5. The number of nitrogens with one attached hydrogen (secondary N) is 1. The van der Waals surface area contributed by atoms with Crippen LogP contribution in [0.3, 0.4) is 0 Å². The van der Waals surface area contributed by atoms with E-state index in [4.69, 9.17) is 23.2 Å². The van der Waals surface area contributed by atoms with Crippen molar-refractivity contribution in [3.05, 3.63) is 53.6 Å². The molecule has 0 radical (unpaired) electrons. The molecule has 0 atom stereocenters. The van der Waals surface area contributed by atoms with E-state index in [1.807, 2.05) is 0 Å². The van der Waals surface area contributed by atoms with Gasteiger partial charge in [-0.2, -0.15) is 0 Å². The molecule has 1 aliphatic rings. The maximum Gasteiger partial charge on any atom is 0.260 e. The van der Waals surface area contributed by atoms with Crippen LogP contribution in [0.15, 0.2) is 42.5 Å². The van der Waals surface area contributed by atoms with Gasteiger partial charge in [0.1, 0.15) is 0 Å². The van der Waals surface area contributed by atoms with Gasteiger partial charge in [-0.3, -0.25) is 14.4 Å². The van der Waals surface area contributed by atoms with Crippen LogP contribution >= 0.6 is 23.2 Å². The molecular formula is C17H11Cl2NO3. The van der Waals surface area contributed by atoms with E-state index in [1.54, 1.807) is 30.3 Å². The van der Waals surface area contributed by atoms with Gasteiger partial charge in [0, 0.05) is 16.8 Å². The maximum atomic E-state index is 12.2. The Bertz CT molecular complexity index is 853. The Morgan fingerprint density at radius 2 is 1.48 bits per heavy atom. The minimum Gasteiger partial charge on any atom is -0.323 e. The largest absolute Gasteiger partial charge is 0.323 e. The van der Waals surface area contributed by atoms with Crippen molar-refractivity contribution in [3.63, 3.8) is 0 Å². The Labute approximate surface area is 142 Å². The van der Waals surface area contributed by atoms with E-state index in [-0.39, 0.29) is 0 Å². The standard InChI is InChI=1S/C17H11Cl2NO3/c1-17(18,19)16(23)20-9-6-7-12-13(8-9)10-4-2-3-5-11(10)14(21)15(12)22/h2-8H,1H3,(H,20,23). The summed E-state index contributed by atoms with van der Waals surface area (Å²) in [6.07, 6.45) is 0. The van der Waals surface area contributed by atoms with Gasteiger partial charge in [-0.25, -0.2) is 0 Å². The summed E-state index contributed by atoms with van der Waals surface area (Å²) in [6.45, 7) is 1.36. The molecule has 0 aliphatic heterocycles. The van der Waals surface area contributed by atoms with Crippen LogP contribution in [0.25, 0.3) is 11.1 Å². The molecule has 116 valence electrons. The first-order valence-corrected chi connectivity index (χ1v) is 7.56. The van der Waals surface area contributed by atoms with Crippen molar-refractivity contribution in [3.8, 4) is 11.1 Å². The molecule has 0 unspecified atom stereocenters. The lowest BCUT2D eigenvalue weighted by atomic mass is 9.84. The van der Waals surface area contributed by atoms with Crippen molar-refractivity contribution >= 4 is 46.4 Å². The zero-order valence-electron chi connectivity index (χ0n) is 12.0. The molecule has 1 amide bonds. The molecule has 0 spiro atoms. The van der Waals surface area contributed by atoms with Crippen LogP contribution in [0.5, 0.6) is 0 Å². The predicted molar refractivity (Wildman–Crippen MR) is 89.3 cm³/mol. The third kappa shape index (κ3) is 2.76. The highest BCUT2D eigenvalue weighted by atomic mass is 35.5. The number of benzene rings is 2. The van der Waals surface area contributed by atoms with E-state index < -0.39 is 21.8 Å². The Morgan fingerprint density at radius 1 is 0.913 bits per heavy atom. The second kappa shape index (κ2) is 5.48. The van der Waals surface area contributed by atoms with Crippen LogP contribution in [0, 0.1) is 0 Å². The lowest BCUT2D eigenvalue weighted by Gasteiger charge is -2.19. The number of anilines is 1. The quantitative estimate of drug-likeness (QED) is 0.662. The summed E-state index contributed by atoms with van der Waals surface area (Å²) >= 11 is 11.5. The van der Waals surface area contributed by atoms with Gasteiger partial charge in [0.2, 0.25) is 11.6 Å². The topological polar surface area (TPSA) is 63.2 Å². The number of rotatable bonds is 2. The molecule has 2 aromatic carbocycles. The number of hydrogen-bond donors (Lipinski definition) is 1. The van der Waals surface area contributed by atoms with E-state index in [0.717, 1.165) is 0 Å². The fourth-order valence-corrected chi connectivity index (χ4v) is 2.54. The fraction of sp³-hybridized carbons (Fsp3) is 0.118. The minimum absolute atomic E-state index is 0.311. The number of amides is 1. The summed E-state index contributed by atoms with van der Waals surface area (Å²) in [5.41, 5.74) is 2.36. The van der Waals surface area contributed by atoms with Crippen LogP contribution in [-0.4, -0.2) is 21.8 Å². The summed E-state index contributed by atoms with van der Waals surface area (Å²) in [7, 11) is 0. The Hall–Kier alpha value is -2.17. The van der Waals surface area contributed by atoms with Crippen molar-refractivity contribution < 1.29 is 14.4 Å². The number of fused-ring (bicyclic) bond motifs is 3. The number of hydrogen-bond acceptors (Lipinski definition) is 3. The molecule has 0 fully saturated rings. The van der Waals surface area contributed by atoms with Crippen LogP contribution in [0.1, 0.15) is 27.6 Å². The van der Waals surface area contributed by atoms with Crippen LogP contribution in [-0.2, 0) is 4.79 Å². The van der Waals surface area contributed by atoms with E-state index in [1.165, 1.54) is 19.1 Å². The summed E-state index contributed by atoms with van der Waals surface area (Å²) in [5, 5.41) is 2.59. The number of carbonyl (C=O) groups excluding carboxylic acids is 3. The lowest BCUT2D eigenvalue weighted by molar-refractivity contribution is -0.116. The summed E-state index contributed by atoms with van der Waals surface area (Å²) in [5.74, 6) is -1.66. The average Bonchev–Trinajstić information content (AvgIpc) is 2.51. The fourth-order valence-electron chi connectivity index (χ4n) is 2.44. The van der Waals surface area contributed by atoms with Crippen molar-refractivity contribution in [2.24, 2.45) is 0 Å². The molecule has 6 heteroatoms. The van der Waals surface area contributed by atoms with Crippen LogP contribution in [0.2, 0.25) is 0 Å². The van der Waals surface area contributed by atoms with Gasteiger partial charge >= 0.3 is 0 Å². The lowest BCUT2D eigenvalue weighted by Crippen LogP contribution is -2.29. The summed E-state index contributed by atoms with van der Waals surface area (Å²) in [6, 6.07) is 11.5. The second-order valence-corrected chi connectivity index (χ2v) is 7.01. The monoisotopic (exact) mass is 347 g/mol. The summed E-state index contributed by atoms with van der Waals surface area (Å²) < 4.78 is -1.57.